The van der Waals surface area contributed by atoms with Crippen molar-refractivity contribution in [2.45, 2.75) is 26.2 Å². The van der Waals surface area contributed by atoms with Crippen LogP contribution in [0, 0.1) is 11.7 Å². The summed E-state index contributed by atoms with van der Waals surface area (Å²) in [6.45, 7) is 3.72. The third kappa shape index (κ3) is 5.69. The summed E-state index contributed by atoms with van der Waals surface area (Å²) in [6.07, 6.45) is 0.537. The van der Waals surface area contributed by atoms with Gasteiger partial charge in [-0.3, -0.25) is 14.4 Å². The third-order valence-corrected chi connectivity index (χ3v) is 5.68. The molecule has 0 unspecified atom stereocenters. The van der Waals surface area contributed by atoms with Crippen LogP contribution in [0.2, 0.25) is 0 Å². The molecule has 0 radical (unpaired) electrons. The van der Waals surface area contributed by atoms with Crippen molar-refractivity contribution in [3.05, 3.63) is 59.9 Å². The lowest BCUT2D eigenvalue weighted by atomic mass is 9.95. The molecule has 7 heteroatoms. The van der Waals surface area contributed by atoms with Crippen LogP contribution in [0.3, 0.4) is 0 Å². The normalized spacial score (nSPS) is 16.8. The van der Waals surface area contributed by atoms with E-state index < -0.39 is 5.91 Å². The first-order chi connectivity index (χ1) is 14.9. The van der Waals surface area contributed by atoms with Crippen LogP contribution in [-0.4, -0.2) is 53.7 Å². The fraction of sp³-hybridized carbons (Fsp3) is 0.375. The van der Waals surface area contributed by atoms with E-state index in [1.165, 1.54) is 6.07 Å². The topological polar surface area (TPSA) is 83.7 Å². The largest absolute Gasteiger partial charge is 0.370 e. The Labute approximate surface area is 181 Å². The summed E-state index contributed by atoms with van der Waals surface area (Å²) in [6, 6.07) is 14.1. The first-order valence-corrected chi connectivity index (χ1v) is 10.6. The third-order valence-electron chi connectivity index (χ3n) is 5.68. The smallest absolute Gasteiger partial charge is 0.227 e. The van der Waals surface area contributed by atoms with Crippen LogP contribution >= 0.6 is 0 Å². The van der Waals surface area contributed by atoms with Gasteiger partial charge in [0.15, 0.2) is 0 Å². The van der Waals surface area contributed by atoms with E-state index in [4.69, 9.17) is 5.73 Å². The van der Waals surface area contributed by atoms with E-state index >= 15 is 0 Å². The lowest BCUT2D eigenvalue weighted by Gasteiger charge is -2.23. The zero-order valence-electron chi connectivity index (χ0n) is 17.7. The second-order valence-corrected chi connectivity index (χ2v) is 7.80. The number of primary amides is 1. The van der Waals surface area contributed by atoms with Crippen molar-refractivity contribution in [3.8, 4) is 11.1 Å². The Kier molecular flexibility index (Phi) is 7.39. The molecule has 0 bridgehead atoms. The molecule has 0 aromatic heterocycles. The maximum atomic E-state index is 14.0. The van der Waals surface area contributed by atoms with Crippen LogP contribution in [0.4, 0.5) is 4.39 Å². The molecule has 1 heterocycles. The Balaban J connectivity index is 1.75. The SMILES string of the molecule is CCN1CCN(C(=O)CCC(N)=O)C[C@@H](Cc2ccc(-c3ccccc3F)cc2)C1=O. The van der Waals surface area contributed by atoms with Gasteiger partial charge >= 0.3 is 0 Å². The number of hydrogen-bond acceptors (Lipinski definition) is 3. The summed E-state index contributed by atoms with van der Waals surface area (Å²) >= 11 is 0. The van der Waals surface area contributed by atoms with Gasteiger partial charge in [0.25, 0.3) is 0 Å². The van der Waals surface area contributed by atoms with Gasteiger partial charge in [-0.15, -0.1) is 0 Å². The van der Waals surface area contributed by atoms with Crippen LogP contribution in [-0.2, 0) is 20.8 Å². The Hall–Kier alpha value is -3.22. The molecule has 2 aromatic rings. The molecule has 3 rings (SSSR count). The lowest BCUT2D eigenvalue weighted by molar-refractivity contribution is -0.135. The van der Waals surface area contributed by atoms with Gasteiger partial charge in [0.05, 0.1) is 5.92 Å². The maximum Gasteiger partial charge on any atom is 0.227 e. The molecular formula is C24H28FN3O3. The molecule has 2 aromatic carbocycles. The van der Waals surface area contributed by atoms with Crippen molar-refractivity contribution < 1.29 is 18.8 Å². The molecule has 164 valence electrons. The van der Waals surface area contributed by atoms with Crippen LogP contribution in [0.5, 0.6) is 0 Å². The number of nitrogens with zero attached hydrogens (tertiary/aromatic N) is 2. The van der Waals surface area contributed by atoms with Gasteiger partial charge in [-0.05, 0) is 30.5 Å². The Morgan fingerprint density at radius 2 is 1.77 bits per heavy atom. The predicted molar refractivity (Wildman–Crippen MR) is 116 cm³/mol. The van der Waals surface area contributed by atoms with E-state index in [0.29, 0.717) is 38.2 Å². The summed E-state index contributed by atoms with van der Waals surface area (Å²) in [4.78, 5) is 40.0. The Morgan fingerprint density at radius 1 is 1.06 bits per heavy atom. The molecule has 2 N–H and O–H groups in total. The van der Waals surface area contributed by atoms with E-state index in [9.17, 15) is 18.8 Å². The van der Waals surface area contributed by atoms with E-state index in [0.717, 1.165) is 11.1 Å². The van der Waals surface area contributed by atoms with Gasteiger partial charge in [-0.25, -0.2) is 4.39 Å². The molecule has 6 nitrogen and oxygen atoms in total. The van der Waals surface area contributed by atoms with Crippen molar-refractivity contribution in [1.82, 2.24) is 9.80 Å². The average molecular weight is 426 g/mol. The fourth-order valence-electron chi connectivity index (χ4n) is 3.93. The summed E-state index contributed by atoms with van der Waals surface area (Å²) in [5.41, 5.74) is 7.41. The highest BCUT2D eigenvalue weighted by Crippen LogP contribution is 2.24. The summed E-state index contributed by atoms with van der Waals surface area (Å²) in [5, 5.41) is 0. The second kappa shape index (κ2) is 10.2. The van der Waals surface area contributed by atoms with Gasteiger partial charge in [-0.1, -0.05) is 42.5 Å². The Morgan fingerprint density at radius 3 is 2.42 bits per heavy atom. The lowest BCUT2D eigenvalue weighted by Crippen LogP contribution is -2.38. The number of amides is 3. The zero-order valence-corrected chi connectivity index (χ0v) is 17.7. The molecule has 3 amide bonds. The molecule has 0 spiro atoms. The standard InChI is InChI=1S/C24H28FN3O3/c1-2-27-13-14-28(23(30)12-11-22(26)29)16-19(24(27)31)15-17-7-9-18(10-8-17)20-5-3-4-6-21(20)25/h3-10,19H,2,11-16H2,1H3,(H2,26,29)/t19-/m1/s1. The molecule has 0 aliphatic carbocycles. The molecule has 1 fully saturated rings. The van der Waals surface area contributed by atoms with E-state index in [1.54, 1.807) is 28.0 Å². The number of hydrogen-bond donors (Lipinski definition) is 1. The number of benzene rings is 2. The Bertz CT molecular complexity index is 945. The number of halogens is 1. The quantitative estimate of drug-likeness (QED) is 0.740. The molecule has 1 aliphatic rings. The fourth-order valence-corrected chi connectivity index (χ4v) is 3.93. The van der Waals surface area contributed by atoms with Crippen LogP contribution in [0.25, 0.3) is 11.1 Å². The molecule has 1 saturated heterocycles. The summed E-state index contributed by atoms with van der Waals surface area (Å²) in [7, 11) is 0. The summed E-state index contributed by atoms with van der Waals surface area (Å²) < 4.78 is 14.0. The van der Waals surface area contributed by atoms with Crippen LogP contribution in [0.15, 0.2) is 48.5 Å². The van der Waals surface area contributed by atoms with Crippen LogP contribution < -0.4 is 5.73 Å². The van der Waals surface area contributed by atoms with Crippen LogP contribution in [0.1, 0.15) is 25.3 Å². The van der Waals surface area contributed by atoms with Gasteiger partial charge < -0.3 is 15.5 Å². The number of likely N-dealkylation sites (N-methyl/N-ethyl adjacent to an activating group) is 1. The first kappa shape index (κ1) is 22.5. The monoisotopic (exact) mass is 425 g/mol. The van der Waals surface area contributed by atoms with Gasteiger partial charge in [0, 0.05) is 44.6 Å². The van der Waals surface area contributed by atoms with Crippen molar-refractivity contribution in [3.63, 3.8) is 0 Å². The minimum absolute atomic E-state index is 0.00292. The highest BCUT2D eigenvalue weighted by atomic mass is 19.1. The summed E-state index contributed by atoms with van der Waals surface area (Å²) in [5.74, 6) is -1.31. The predicted octanol–water partition coefficient (Wildman–Crippen LogP) is 2.61. The molecule has 0 saturated carbocycles. The zero-order chi connectivity index (χ0) is 22.4. The van der Waals surface area contributed by atoms with Crippen molar-refractivity contribution >= 4 is 17.7 Å². The van der Waals surface area contributed by atoms with Gasteiger partial charge in [0.2, 0.25) is 17.7 Å². The maximum absolute atomic E-state index is 14.0. The highest BCUT2D eigenvalue weighted by molar-refractivity contribution is 5.85. The highest BCUT2D eigenvalue weighted by Gasteiger charge is 2.31. The minimum Gasteiger partial charge on any atom is -0.370 e. The van der Waals surface area contributed by atoms with E-state index in [1.807, 2.05) is 31.2 Å². The van der Waals surface area contributed by atoms with Crippen molar-refractivity contribution in [2.75, 3.05) is 26.2 Å². The minimum atomic E-state index is -0.513. The van der Waals surface area contributed by atoms with Gasteiger partial charge in [0.1, 0.15) is 5.82 Å². The van der Waals surface area contributed by atoms with Gasteiger partial charge in [-0.2, -0.15) is 0 Å². The number of rotatable bonds is 7. The molecule has 31 heavy (non-hydrogen) atoms. The van der Waals surface area contributed by atoms with E-state index in [-0.39, 0.29) is 36.4 Å². The second-order valence-electron chi connectivity index (χ2n) is 7.80. The van der Waals surface area contributed by atoms with Crippen molar-refractivity contribution in [2.24, 2.45) is 11.7 Å². The van der Waals surface area contributed by atoms with E-state index in [2.05, 4.69) is 0 Å². The average Bonchev–Trinajstić information content (AvgIpc) is 2.92. The molecule has 1 aliphatic heterocycles. The first-order valence-electron chi connectivity index (χ1n) is 10.6. The van der Waals surface area contributed by atoms with Crippen molar-refractivity contribution in [1.29, 1.82) is 0 Å². The number of carbonyl (C=O) groups is 3. The molecule has 1 atom stereocenters. The molecular weight excluding hydrogens is 397 g/mol. The number of nitrogens with two attached hydrogens (primary N) is 1. The number of carbonyl (C=O) groups excluding carboxylic acids is 3.